The number of carbonyl (C=O) groups is 6. The monoisotopic (exact) mass is 725 g/mol. The first-order chi connectivity index (χ1) is 24.0. The largest absolute Gasteiger partial charge is 0.460 e. The number of cyclic esters (lactones) is 1. The van der Waals surface area contributed by atoms with Crippen LogP contribution in [0.2, 0.25) is 0 Å². The molecule has 9 atom stereocenters. The van der Waals surface area contributed by atoms with Crippen molar-refractivity contribution in [3.8, 4) is 0 Å². The number of carbonyl (C=O) groups excluding carboxylic acids is 6. The average Bonchev–Trinajstić information content (AvgIpc) is 3.08. The highest BCUT2D eigenvalue weighted by molar-refractivity contribution is 5.96. The summed E-state index contributed by atoms with van der Waals surface area (Å²) in [6.07, 6.45) is 7.22. The Hall–Kier alpha value is -3.26. The molecule has 0 spiro atoms. The molecule has 0 aromatic heterocycles. The van der Waals surface area contributed by atoms with E-state index in [4.69, 9.17) is 4.74 Å². The predicted octanol–water partition coefficient (Wildman–Crippen LogP) is 2.33. The van der Waals surface area contributed by atoms with Gasteiger partial charge in [-0.05, 0) is 44.9 Å². The fraction of sp³-hybridized carbons (Fsp3) is 0.838. The molecule has 1 aliphatic heterocycles. The van der Waals surface area contributed by atoms with E-state index in [-0.39, 0.29) is 12.3 Å². The van der Waals surface area contributed by atoms with Crippen LogP contribution >= 0.6 is 0 Å². The van der Waals surface area contributed by atoms with E-state index in [1.165, 1.54) is 38.6 Å². The number of unbranched alkanes of at least 4 members (excludes halogenated alkanes) is 7. The van der Waals surface area contributed by atoms with Crippen LogP contribution in [0.5, 0.6) is 0 Å². The maximum atomic E-state index is 14.1. The Morgan fingerprint density at radius 1 is 0.745 bits per heavy atom. The van der Waals surface area contributed by atoms with Crippen molar-refractivity contribution in [2.45, 2.75) is 168 Å². The van der Waals surface area contributed by atoms with Gasteiger partial charge in [0.25, 0.3) is 0 Å². The SMILES string of the molecule is CCCCCCCCCC[C@H]1OC(=O)[C@@H](C)NC(=O)[C@H](C(C)O)NC(=O)[C@H](CO)NC(=O)[C@H](C(C)CC)NC(=O)[C@H](CC(C)C)N(C)C(=O)[C@@H]1C. The summed E-state index contributed by atoms with van der Waals surface area (Å²) in [5.41, 5.74) is 0. The summed E-state index contributed by atoms with van der Waals surface area (Å²) < 4.78 is 5.90. The van der Waals surface area contributed by atoms with Gasteiger partial charge in [-0.15, -0.1) is 0 Å². The molecule has 1 saturated heterocycles. The van der Waals surface area contributed by atoms with Gasteiger partial charge in [-0.2, -0.15) is 0 Å². The van der Waals surface area contributed by atoms with Crippen molar-refractivity contribution in [1.82, 2.24) is 26.2 Å². The second-order valence-corrected chi connectivity index (χ2v) is 14.7. The molecule has 6 N–H and O–H groups in total. The maximum absolute atomic E-state index is 14.1. The van der Waals surface area contributed by atoms with Crippen molar-refractivity contribution in [2.75, 3.05) is 13.7 Å². The van der Waals surface area contributed by atoms with Crippen LogP contribution in [-0.2, 0) is 33.5 Å². The van der Waals surface area contributed by atoms with Gasteiger partial charge in [-0.3, -0.25) is 24.0 Å². The van der Waals surface area contributed by atoms with Crippen molar-refractivity contribution >= 4 is 35.5 Å². The molecule has 51 heavy (non-hydrogen) atoms. The quantitative estimate of drug-likeness (QED) is 0.108. The highest BCUT2D eigenvalue weighted by atomic mass is 16.5. The summed E-state index contributed by atoms with van der Waals surface area (Å²) in [5, 5.41) is 30.5. The molecule has 0 bridgehead atoms. The molecule has 1 rings (SSSR count). The molecule has 0 aromatic carbocycles. The van der Waals surface area contributed by atoms with Crippen molar-refractivity contribution in [3.05, 3.63) is 0 Å². The molecule has 0 aliphatic carbocycles. The fourth-order valence-corrected chi connectivity index (χ4v) is 6.09. The van der Waals surface area contributed by atoms with E-state index in [1.807, 2.05) is 20.8 Å². The number of likely N-dealkylation sites (N-methyl/N-ethyl adjacent to an activating group) is 1. The van der Waals surface area contributed by atoms with Crippen molar-refractivity contribution in [1.29, 1.82) is 0 Å². The Kier molecular flexibility index (Phi) is 20.9. The summed E-state index contributed by atoms with van der Waals surface area (Å²) in [5.74, 6) is -5.66. The number of esters is 1. The number of hydrogen-bond acceptors (Lipinski definition) is 9. The first-order valence-electron chi connectivity index (χ1n) is 19.0. The highest BCUT2D eigenvalue weighted by Gasteiger charge is 2.39. The number of aliphatic hydroxyl groups is 2. The zero-order chi connectivity index (χ0) is 38.8. The van der Waals surface area contributed by atoms with Gasteiger partial charge in [0.15, 0.2) is 0 Å². The zero-order valence-corrected chi connectivity index (χ0v) is 32.5. The lowest BCUT2D eigenvalue weighted by Gasteiger charge is -2.34. The smallest absolute Gasteiger partial charge is 0.328 e. The number of amides is 5. The second-order valence-electron chi connectivity index (χ2n) is 14.7. The minimum atomic E-state index is -1.55. The fourth-order valence-electron chi connectivity index (χ4n) is 6.09. The third kappa shape index (κ3) is 15.1. The van der Waals surface area contributed by atoms with Crippen molar-refractivity contribution in [2.24, 2.45) is 17.8 Å². The predicted molar refractivity (Wildman–Crippen MR) is 194 cm³/mol. The molecular formula is C37H67N5O9. The zero-order valence-electron chi connectivity index (χ0n) is 32.5. The van der Waals surface area contributed by atoms with Gasteiger partial charge in [0, 0.05) is 7.05 Å². The lowest BCUT2D eigenvalue weighted by atomic mass is 9.94. The van der Waals surface area contributed by atoms with Crippen LogP contribution in [0.3, 0.4) is 0 Å². The van der Waals surface area contributed by atoms with Gasteiger partial charge in [-0.1, -0.05) is 92.9 Å². The van der Waals surface area contributed by atoms with E-state index in [0.29, 0.717) is 19.3 Å². The number of aliphatic hydroxyl groups excluding tert-OH is 2. The van der Waals surface area contributed by atoms with E-state index in [0.717, 1.165) is 32.1 Å². The van der Waals surface area contributed by atoms with Crippen LogP contribution in [0.25, 0.3) is 0 Å². The van der Waals surface area contributed by atoms with Crippen LogP contribution < -0.4 is 21.3 Å². The van der Waals surface area contributed by atoms with E-state index >= 15 is 0 Å². The van der Waals surface area contributed by atoms with Crippen LogP contribution in [-0.4, -0.2) is 107 Å². The van der Waals surface area contributed by atoms with E-state index in [9.17, 15) is 39.0 Å². The molecule has 0 radical (unpaired) electrons. The van der Waals surface area contributed by atoms with Gasteiger partial charge in [0.05, 0.1) is 18.6 Å². The molecule has 0 aromatic rings. The summed E-state index contributed by atoms with van der Waals surface area (Å²) >= 11 is 0. The highest BCUT2D eigenvalue weighted by Crippen LogP contribution is 2.23. The number of ether oxygens (including phenoxy) is 1. The molecule has 1 heterocycles. The lowest BCUT2D eigenvalue weighted by Crippen LogP contribution is -2.62. The van der Waals surface area contributed by atoms with Crippen molar-refractivity contribution in [3.63, 3.8) is 0 Å². The number of nitrogens with one attached hydrogen (secondary N) is 4. The molecule has 1 fully saturated rings. The van der Waals surface area contributed by atoms with Gasteiger partial charge in [0.1, 0.15) is 36.3 Å². The molecule has 0 saturated carbocycles. The van der Waals surface area contributed by atoms with E-state index < -0.39 is 96.4 Å². The van der Waals surface area contributed by atoms with Crippen LogP contribution in [0, 0.1) is 17.8 Å². The van der Waals surface area contributed by atoms with E-state index in [2.05, 4.69) is 28.2 Å². The maximum Gasteiger partial charge on any atom is 0.328 e. The summed E-state index contributed by atoms with van der Waals surface area (Å²) in [7, 11) is 1.52. The topological polar surface area (TPSA) is 203 Å². The number of nitrogens with zero attached hydrogens (tertiary/aromatic N) is 1. The molecule has 294 valence electrons. The minimum Gasteiger partial charge on any atom is -0.460 e. The number of hydrogen-bond donors (Lipinski definition) is 6. The molecule has 2 unspecified atom stereocenters. The Labute approximate surface area is 305 Å². The van der Waals surface area contributed by atoms with Gasteiger partial charge < -0.3 is 41.1 Å². The lowest BCUT2D eigenvalue weighted by molar-refractivity contribution is -0.160. The summed E-state index contributed by atoms with van der Waals surface area (Å²) in [6, 6.07) is -6.40. The van der Waals surface area contributed by atoms with Crippen molar-refractivity contribution < 1.29 is 43.7 Å². The third-order valence-corrected chi connectivity index (χ3v) is 9.75. The van der Waals surface area contributed by atoms with Crippen LogP contribution in [0.1, 0.15) is 126 Å². The Morgan fingerprint density at radius 2 is 1.29 bits per heavy atom. The Bertz CT molecular complexity index is 1130. The first-order valence-corrected chi connectivity index (χ1v) is 19.0. The molecular weight excluding hydrogens is 658 g/mol. The molecule has 5 amide bonds. The third-order valence-electron chi connectivity index (χ3n) is 9.75. The minimum absolute atomic E-state index is 0.0106. The second kappa shape index (κ2) is 23.3. The van der Waals surface area contributed by atoms with Crippen LogP contribution in [0.4, 0.5) is 0 Å². The molecule has 1 aliphatic rings. The normalized spacial score (nSPS) is 27.7. The van der Waals surface area contributed by atoms with Crippen LogP contribution in [0.15, 0.2) is 0 Å². The molecule has 14 heteroatoms. The van der Waals surface area contributed by atoms with Gasteiger partial charge in [0.2, 0.25) is 29.5 Å². The van der Waals surface area contributed by atoms with Gasteiger partial charge in [-0.25, -0.2) is 4.79 Å². The average molecular weight is 726 g/mol. The van der Waals surface area contributed by atoms with E-state index in [1.54, 1.807) is 13.8 Å². The number of rotatable bonds is 15. The molecule has 14 nitrogen and oxygen atoms in total. The summed E-state index contributed by atoms with van der Waals surface area (Å²) in [4.78, 5) is 82.7. The Morgan fingerprint density at radius 3 is 1.82 bits per heavy atom. The standard InChI is InChI=1S/C37H67N5O9/c1-10-12-13-14-15-16-17-18-19-29-24(6)36(49)42(9)28(20-22(3)4)33(46)40-30(23(5)11-2)34(47)39-27(21-43)32(45)41-31(26(8)44)35(48)38-25(7)37(50)51-29/h22-31,43-44H,10-21H2,1-9H3,(H,38,48)(H,39,47)(H,40,46)(H,41,45)/t23?,24-,25-,26?,27+,28+,29-,30+,31+/m1/s1. The summed E-state index contributed by atoms with van der Waals surface area (Å²) in [6.45, 7) is 13.0. The first kappa shape index (κ1) is 45.8. The Balaban J connectivity index is 3.58. The van der Waals surface area contributed by atoms with Gasteiger partial charge >= 0.3 is 5.97 Å².